The second-order valence-corrected chi connectivity index (χ2v) is 10.8. The van der Waals surface area contributed by atoms with E-state index in [1.807, 2.05) is 19.9 Å². The quantitative estimate of drug-likeness (QED) is 0.455. The van der Waals surface area contributed by atoms with Gasteiger partial charge in [0.15, 0.2) is 0 Å². The molecule has 0 aliphatic rings. The Labute approximate surface area is 193 Å². The Hall–Kier alpha value is -2.84. The van der Waals surface area contributed by atoms with Crippen molar-refractivity contribution in [3.05, 3.63) is 76.2 Å². The fourth-order valence-corrected chi connectivity index (χ4v) is 5.53. The minimum atomic E-state index is -3.62. The zero-order chi connectivity index (χ0) is 23.5. The van der Waals surface area contributed by atoms with Crippen molar-refractivity contribution >= 4 is 33.0 Å². The third-order valence-electron chi connectivity index (χ3n) is 5.21. The molecule has 1 aromatic heterocycles. The van der Waals surface area contributed by atoms with Crippen LogP contribution in [0.5, 0.6) is 5.75 Å². The van der Waals surface area contributed by atoms with E-state index in [0.29, 0.717) is 11.3 Å². The van der Waals surface area contributed by atoms with Crippen LogP contribution in [0.4, 0.5) is 5.69 Å². The Balaban J connectivity index is 1.73. The highest BCUT2D eigenvalue weighted by Crippen LogP contribution is 2.32. The number of carbonyl (C=O) groups is 1. The van der Waals surface area contributed by atoms with Gasteiger partial charge in [0.1, 0.15) is 9.96 Å². The molecule has 2 N–H and O–H groups in total. The average molecular weight is 473 g/mol. The Bertz CT molecular complexity index is 1190. The predicted molar refractivity (Wildman–Crippen MR) is 129 cm³/mol. The Morgan fingerprint density at radius 2 is 1.72 bits per heavy atom. The molecule has 2 aromatic carbocycles. The van der Waals surface area contributed by atoms with Crippen molar-refractivity contribution < 1.29 is 17.9 Å². The minimum Gasteiger partial charge on any atom is -0.496 e. The first-order valence-corrected chi connectivity index (χ1v) is 12.6. The number of hydrogen-bond donors (Lipinski definition) is 2. The second-order valence-electron chi connectivity index (χ2n) is 7.92. The zero-order valence-electron chi connectivity index (χ0n) is 18.8. The molecule has 3 aromatic rings. The Morgan fingerprint density at radius 3 is 2.28 bits per heavy atom. The second kappa shape index (κ2) is 9.75. The van der Waals surface area contributed by atoms with Crippen molar-refractivity contribution in [3.63, 3.8) is 0 Å². The molecule has 1 amide bonds. The molecule has 0 radical (unpaired) electrons. The summed E-state index contributed by atoms with van der Waals surface area (Å²) in [7, 11) is -1.96. The van der Waals surface area contributed by atoms with Crippen LogP contribution >= 0.6 is 11.3 Å². The van der Waals surface area contributed by atoms with Crippen LogP contribution in [0, 0.1) is 6.92 Å². The lowest BCUT2D eigenvalue weighted by Gasteiger charge is -2.21. The number of rotatable bonds is 8. The monoisotopic (exact) mass is 472 g/mol. The van der Waals surface area contributed by atoms with Gasteiger partial charge in [-0.25, -0.2) is 8.42 Å². The summed E-state index contributed by atoms with van der Waals surface area (Å²) in [5.74, 6) is 0.907. The van der Waals surface area contributed by atoms with E-state index < -0.39 is 10.0 Å². The fourth-order valence-electron chi connectivity index (χ4n) is 3.48. The highest BCUT2D eigenvalue weighted by Gasteiger charge is 2.18. The molecular weight excluding hydrogens is 444 g/mol. The molecule has 0 bridgehead atoms. The number of sulfonamides is 1. The number of aryl methyl sites for hydroxylation is 1. The molecular formula is C24H28N2O4S2. The highest BCUT2D eigenvalue weighted by molar-refractivity contribution is 7.94. The number of ether oxygens (including phenoxy) is 1. The smallest absolute Gasteiger partial charge is 0.271 e. The summed E-state index contributed by atoms with van der Waals surface area (Å²) in [6.45, 7) is 8.16. The lowest BCUT2D eigenvalue weighted by atomic mass is 9.93. The van der Waals surface area contributed by atoms with Gasteiger partial charge in [-0.1, -0.05) is 19.9 Å². The lowest BCUT2D eigenvalue weighted by Crippen LogP contribution is -2.27. The first-order valence-electron chi connectivity index (χ1n) is 10.3. The molecule has 0 saturated carbocycles. The van der Waals surface area contributed by atoms with E-state index in [-0.39, 0.29) is 22.1 Å². The van der Waals surface area contributed by atoms with Crippen molar-refractivity contribution in [3.8, 4) is 5.75 Å². The molecule has 1 atom stereocenters. The van der Waals surface area contributed by atoms with Crippen molar-refractivity contribution in [2.24, 2.45) is 0 Å². The van der Waals surface area contributed by atoms with Crippen LogP contribution in [-0.2, 0) is 10.0 Å². The van der Waals surface area contributed by atoms with Gasteiger partial charge in [-0.2, -0.15) is 0 Å². The average Bonchev–Trinajstić information content (AvgIpc) is 3.29. The normalized spacial score (nSPS) is 12.4. The third-order valence-corrected chi connectivity index (χ3v) is 7.99. The van der Waals surface area contributed by atoms with Gasteiger partial charge in [-0.05, 0) is 84.3 Å². The summed E-state index contributed by atoms with van der Waals surface area (Å²) >= 11 is 1.15. The summed E-state index contributed by atoms with van der Waals surface area (Å²) in [6, 6.07) is 13.5. The van der Waals surface area contributed by atoms with E-state index in [1.165, 1.54) is 0 Å². The van der Waals surface area contributed by atoms with Crippen LogP contribution in [0.2, 0.25) is 0 Å². The first-order chi connectivity index (χ1) is 15.1. The van der Waals surface area contributed by atoms with Crippen LogP contribution in [0.25, 0.3) is 0 Å². The summed E-state index contributed by atoms with van der Waals surface area (Å²) in [4.78, 5) is 12.8. The van der Waals surface area contributed by atoms with E-state index in [1.54, 1.807) is 48.9 Å². The standard InChI is InChI=1S/C24H28N2O4S2/c1-15(2)20-14-21(16(3)13-22(20)30-5)17(4)25-24(27)18-8-10-19(11-9-18)26-32(28,29)23-7-6-12-31-23/h6-15,17,26H,1-5H3,(H,25,27)/t17-/m1/s1. The predicted octanol–water partition coefficient (Wildman–Crippen LogP) is 5.48. The van der Waals surface area contributed by atoms with E-state index in [0.717, 1.165) is 33.8 Å². The SMILES string of the molecule is COc1cc(C)c([C@@H](C)NC(=O)c2ccc(NS(=O)(=O)c3cccs3)cc2)cc1C(C)C. The minimum absolute atomic E-state index is 0.206. The van der Waals surface area contributed by atoms with Gasteiger partial charge in [0.2, 0.25) is 0 Å². The number of anilines is 1. The molecule has 0 aliphatic heterocycles. The largest absolute Gasteiger partial charge is 0.496 e. The van der Waals surface area contributed by atoms with Crippen LogP contribution in [0.15, 0.2) is 58.1 Å². The molecule has 0 aliphatic carbocycles. The van der Waals surface area contributed by atoms with Gasteiger partial charge >= 0.3 is 0 Å². The number of hydrogen-bond acceptors (Lipinski definition) is 5. The molecule has 6 nitrogen and oxygen atoms in total. The van der Waals surface area contributed by atoms with Crippen LogP contribution < -0.4 is 14.8 Å². The number of nitrogens with one attached hydrogen (secondary N) is 2. The van der Waals surface area contributed by atoms with Crippen molar-refractivity contribution in [1.82, 2.24) is 5.32 Å². The van der Waals surface area contributed by atoms with Crippen LogP contribution in [-0.4, -0.2) is 21.4 Å². The fraction of sp³-hybridized carbons (Fsp3) is 0.292. The van der Waals surface area contributed by atoms with Gasteiger partial charge in [-0.15, -0.1) is 11.3 Å². The lowest BCUT2D eigenvalue weighted by molar-refractivity contribution is 0.0940. The topological polar surface area (TPSA) is 84.5 Å². The summed E-state index contributed by atoms with van der Waals surface area (Å²) in [5.41, 5.74) is 4.01. The number of carbonyl (C=O) groups excluding carboxylic acids is 1. The van der Waals surface area contributed by atoms with E-state index in [4.69, 9.17) is 4.74 Å². The van der Waals surface area contributed by atoms with Crippen molar-refractivity contribution in [2.75, 3.05) is 11.8 Å². The maximum absolute atomic E-state index is 12.8. The van der Waals surface area contributed by atoms with Gasteiger partial charge in [-0.3, -0.25) is 9.52 Å². The van der Waals surface area contributed by atoms with Gasteiger partial charge < -0.3 is 10.1 Å². The van der Waals surface area contributed by atoms with Gasteiger partial charge in [0.05, 0.1) is 13.2 Å². The van der Waals surface area contributed by atoms with Crippen LogP contribution in [0.3, 0.4) is 0 Å². The first kappa shape index (κ1) is 23.8. The summed E-state index contributed by atoms with van der Waals surface area (Å²) in [6.07, 6.45) is 0. The van der Waals surface area contributed by atoms with Crippen LogP contribution in [0.1, 0.15) is 59.8 Å². The molecule has 3 rings (SSSR count). The number of thiophene rings is 1. The molecule has 32 heavy (non-hydrogen) atoms. The molecule has 170 valence electrons. The Morgan fingerprint density at radius 1 is 1.03 bits per heavy atom. The summed E-state index contributed by atoms with van der Waals surface area (Å²) in [5, 5.41) is 4.74. The van der Waals surface area contributed by atoms with Crippen molar-refractivity contribution in [1.29, 1.82) is 0 Å². The third kappa shape index (κ3) is 5.31. The van der Waals surface area contributed by atoms with Gasteiger partial charge in [0.25, 0.3) is 15.9 Å². The van der Waals surface area contributed by atoms with Crippen molar-refractivity contribution in [2.45, 2.75) is 43.9 Å². The van der Waals surface area contributed by atoms with E-state index >= 15 is 0 Å². The number of amides is 1. The van der Waals surface area contributed by atoms with E-state index in [2.05, 4.69) is 30.0 Å². The molecule has 0 saturated heterocycles. The number of methoxy groups -OCH3 is 1. The molecule has 0 spiro atoms. The number of benzene rings is 2. The maximum Gasteiger partial charge on any atom is 0.271 e. The Kier molecular flexibility index (Phi) is 7.26. The van der Waals surface area contributed by atoms with E-state index in [9.17, 15) is 13.2 Å². The summed E-state index contributed by atoms with van der Waals surface area (Å²) < 4.78 is 33.0. The molecule has 0 fully saturated rings. The molecule has 1 heterocycles. The maximum atomic E-state index is 12.8. The highest BCUT2D eigenvalue weighted by atomic mass is 32.2. The van der Waals surface area contributed by atoms with Gasteiger partial charge in [0, 0.05) is 11.3 Å². The molecule has 0 unspecified atom stereocenters. The zero-order valence-corrected chi connectivity index (χ0v) is 20.4. The molecule has 8 heteroatoms.